The second-order valence-corrected chi connectivity index (χ2v) is 8.44. The molecule has 0 amide bonds. The summed E-state index contributed by atoms with van der Waals surface area (Å²) in [5.41, 5.74) is 4.71. The van der Waals surface area contributed by atoms with Gasteiger partial charge in [-0.15, -0.1) is 0 Å². The minimum Gasteiger partial charge on any atom is -0.387 e. The highest BCUT2D eigenvalue weighted by Gasteiger charge is 2.18. The Balaban J connectivity index is 0.00000158. The number of aromatic amines is 1. The Morgan fingerprint density at radius 2 is 1.55 bits per heavy atom. The zero-order chi connectivity index (χ0) is 25.2. The van der Waals surface area contributed by atoms with E-state index in [0.29, 0.717) is 0 Å². The van der Waals surface area contributed by atoms with E-state index < -0.39 is 0 Å². The number of allylic oxidation sites excluding steroid dienone is 1. The van der Waals surface area contributed by atoms with Crippen LogP contribution in [0, 0.1) is 11.8 Å². The van der Waals surface area contributed by atoms with Crippen molar-refractivity contribution >= 4 is 10.9 Å². The monoisotopic (exact) mass is 455 g/mol. The van der Waals surface area contributed by atoms with Gasteiger partial charge in [-0.05, 0) is 55.6 Å². The number of benzene rings is 1. The van der Waals surface area contributed by atoms with Gasteiger partial charge in [-0.25, -0.2) is 0 Å². The lowest BCUT2D eigenvalue weighted by Crippen LogP contribution is -2.37. The molecule has 2 heterocycles. The predicted molar refractivity (Wildman–Crippen MR) is 151 cm³/mol. The summed E-state index contributed by atoms with van der Waals surface area (Å²) in [5, 5.41) is 8.54. The van der Waals surface area contributed by atoms with Crippen molar-refractivity contribution in [3.05, 3.63) is 60.6 Å². The van der Waals surface area contributed by atoms with Crippen molar-refractivity contribution in [2.75, 3.05) is 6.54 Å². The van der Waals surface area contributed by atoms with E-state index in [1.807, 2.05) is 41.5 Å². The van der Waals surface area contributed by atoms with Crippen LogP contribution in [0.3, 0.4) is 0 Å². The van der Waals surface area contributed by atoms with Crippen molar-refractivity contribution in [1.82, 2.24) is 15.6 Å². The lowest BCUT2D eigenvalue weighted by atomic mass is 9.90. The minimum absolute atomic E-state index is 0.158. The van der Waals surface area contributed by atoms with Gasteiger partial charge in [0, 0.05) is 41.5 Å². The van der Waals surface area contributed by atoms with Crippen LogP contribution in [-0.4, -0.2) is 17.6 Å². The van der Waals surface area contributed by atoms with Crippen LogP contribution in [0.4, 0.5) is 0 Å². The van der Waals surface area contributed by atoms with E-state index in [2.05, 4.69) is 73.1 Å². The summed E-state index contributed by atoms with van der Waals surface area (Å²) >= 11 is 0. The third-order valence-electron chi connectivity index (χ3n) is 5.87. The summed E-state index contributed by atoms with van der Waals surface area (Å²) in [6, 6.07) is 8.65. The molecule has 1 aromatic carbocycles. The summed E-state index contributed by atoms with van der Waals surface area (Å²) in [6.45, 7) is 26.4. The highest BCUT2D eigenvalue weighted by Crippen LogP contribution is 2.24. The van der Waals surface area contributed by atoms with Crippen molar-refractivity contribution in [2.24, 2.45) is 11.8 Å². The first-order valence-corrected chi connectivity index (χ1v) is 13.4. The van der Waals surface area contributed by atoms with Gasteiger partial charge in [-0.1, -0.05) is 86.7 Å². The van der Waals surface area contributed by atoms with Crippen LogP contribution < -0.4 is 10.6 Å². The Morgan fingerprint density at radius 1 is 0.909 bits per heavy atom. The van der Waals surface area contributed by atoms with Crippen LogP contribution in [-0.2, 0) is 6.42 Å². The van der Waals surface area contributed by atoms with Crippen LogP contribution >= 0.6 is 0 Å². The lowest BCUT2D eigenvalue weighted by Gasteiger charge is -2.25. The molecular weight excluding hydrogens is 402 g/mol. The second kappa shape index (κ2) is 18.3. The van der Waals surface area contributed by atoms with Crippen LogP contribution in [0.2, 0.25) is 0 Å². The van der Waals surface area contributed by atoms with Gasteiger partial charge in [-0.2, -0.15) is 0 Å². The van der Waals surface area contributed by atoms with E-state index in [1.165, 1.54) is 42.1 Å². The Morgan fingerprint density at radius 3 is 2.24 bits per heavy atom. The van der Waals surface area contributed by atoms with E-state index in [9.17, 15) is 0 Å². The molecular formula is C30H53N3. The molecule has 1 aliphatic rings. The molecule has 188 valence electrons. The van der Waals surface area contributed by atoms with Crippen molar-refractivity contribution in [2.45, 2.75) is 100.0 Å². The molecule has 0 bridgehead atoms. The average molecular weight is 456 g/mol. The summed E-state index contributed by atoms with van der Waals surface area (Å²) in [7, 11) is 0. The van der Waals surface area contributed by atoms with Crippen molar-refractivity contribution < 1.29 is 0 Å². The number of nitrogens with one attached hydrogen (secondary N) is 3. The fourth-order valence-corrected chi connectivity index (χ4v) is 4.27. The van der Waals surface area contributed by atoms with Crippen molar-refractivity contribution in [3.63, 3.8) is 0 Å². The molecule has 3 heteroatoms. The Labute approximate surface area is 205 Å². The molecule has 3 atom stereocenters. The summed E-state index contributed by atoms with van der Waals surface area (Å²) in [4.78, 5) is 3.39. The molecule has 1 aliphatic heterocycles. The maximum atomic E-state index is 4.35. The molecule has 3 N–H and O–H groups in total. The smallest absolute Gasteiger partial charge is 0.0691 e. The molecule has 33 heavy (non-hydrogen) atoms. The Hall–Kier alpha value is -2.16. The number of fused-ring (bicyclic) bond motifs is 1. The number of rotatable bonds is 2. The van der Waals surface area contributed by atoms with Crippen LogP contribution in [0.25, 0.3) is 10.9 Å². The number of para-hydroxylation sites is 1. The Kier molecular flexibility index (Phi) is 17.1. The van der Waals surface area contributed by atoms with E-state index in [0.717, 1.165) is 42.6 Å². The number of H-pyrrole nitrogens is 1. The third-order valence-corrected chi connectivity index (χ3v) is 5.87. The largest absolute Gasteiger partial charge is 0.387 e. The molecule has 0 spiro atoms. The van der Waals surface area contributed by atoms with Crippen LogP contribution in [0.15, 0.2) is 55.0 Å². The normalized spacial score (nSPS) is 21.6. The predicted octanol–water partition coefficient (Wildman–Crippen LogP) is 8.60. The van der Waals surface area contributed by atoms with Gasteiger partial charge in [0.05, 0.1) is 6.04 Å². The second-order valence-electron chi connectivity index (χ2n) is 8.44. The molecule has 1 saturated heterocycles. The standard InChI is InChI=1S/C24H35N3.3C2H6/c1-17-8-7-13-25-20(4)24(27-19(3)12-11-18(2)14-17)15-21-16-26-23-10-6-5-9-22(21)23;3*1-2/h5-6,9-10,16-18,24-27H,3-4,7-8,11-15H2,1-2H3;3*1-2H3/t17?,18-,24?;;;/m0.../s1. The SMILES string of the molecule is C=C1CC[C@H](C)CC(C)CCCNC(=C)C(Cc2c[nH]c3ccccc23)N1.CC.CC.CC. The molecule has 3 nitrogen and oxygen atoms in total. The Bertz CT molecular complexity index is 774. The third kappa shape index (κ3) is 11.0. The highest BCUT2D eigenvalue weighted by molar-refractivity contribution is 5.83. The van der Waals surface area contributed by atoms with E-state index in [-0.39, 0.29) is 6.04 Å². The van der Waals surface area contributed by atoms with Gasteiger partial charge in [0.25, 0.3) is 0 Å². The first-order chi connectivity index (χ1) is 16.0. The number of hydrogen-bond acceptors (Lipinski definition) is 2. The first-order valence-electron chi connectivity index (χ1n) is 13.4. The van der Waals surface area contributed by atoms with E-state index in [4.69, 9.17) is 0 Å². The van der Waals surface area contributed by atoms with Crippen LogP contribution in [0.5, 0.6) is 0 Å². The summed E-state index contributed by atoms with van der Waals surface area (Å²) < 4.78 is 0. The zero-order valence-electron chi connectivity index (χ0n) is 23.0. The molecule has 1 aromatic heterocycles. The summed E-state index contributed by atoms with van der Waals surface area (Å²) in [5.74, 6) is 1.54. The average Bonchev–Trinajstić information content (AvgIpc) is 3.26. The molecule has 3 rings (SSSR count). The van der Waals surface area contributed by atoms with Gasteiger partial charge in [0.15, 0.2) is 0 Å². The fourth-order valence-electron chi connectivity index (χ4n) is 4.27. The minimum atomic E-state index is 0.158. The van der Waals surface area contributed by atoms with Gasteiger partial charge in [-0.3, -0.25) is 0 Å². The van der Waals surface area contributed by atoms with E-state index in [1.54, 1.807) is 0 Å². The van der Waals surface area contributed by atoms with Crippen LogP contribution in [0.1, 0.15) is 93.1 Å². The molecule has 1 fully saturated rings. The van der Waals surface area contributed by atoms with Crippen molar-refractivity contribution in [1.29, 1.82) is 0 Å². The molecule has 2 unspecified atom stereocenters. The van der Waals surface area contributed by atoms with Gasteiger partial charge < -0.3 is 15.6 Å². The maximum absolute atomic E-state index is 4.35. The van der Waals surface area contributed by atoms with Gasteiger partial charge in [0.1, 0.15) is 0 Å². The van der Waals surface area contributed by atoms with E-state index >= 15 is 0 Å². The molecule has 0 saturated carbocycles. The summed E-state index contributed by atoms with van der Waals surface area (Å²) in [6.07, 6.45) is 9.07. The quantitative estimate of drug-likeness (QED) is 0.424. The molecule has 2 aromatic rings. The molecule has 0 aliphatic carbocycles. The number of aromatic nitrogens is 1. The molecule has 0 radical (unpaired) electrons. The van der Waals surface area contributed by atoms with Gasteiger partial charge >= 0.3 is 0 Å². The fraction of sp³-hybridized carbons (Fsp3) is 0.600. The maximum Gasteiger partial charge on any atom is 0.0691 e. The topological polar surface area (TPSA) is 39.9 Å². The zero-order valence-corrected chi connectivity index (χ0v) is 23.0. The first kappa shape index (κ1) is 30.8. The lowest BCUT2D eigenvalue weighted by molar-refractivity contribution is 0.370. The number of hydrogen-bond donors (Lipinski definition) is 3. The highest BCUT2D eigenvalue weighted by atomic mass is 15.0. The van der Waals surface area contributed by atoms with Gasteiger partial charge in [0.2, 0.25) is 0 Å². The van der Waals surface area contributed by atoms with Crippen molar-refractivity contribution in [3.8, 4) is 0 Å².